The van der Waals surface area contributed by atoms with Crippen molar-refractivity contribution in [2.75, 3.05) is 6.54 Å². The zero-order valence-corrected chi connectivity index (χ0v) is 14.4. The van der Waals surface area contributed by atoms with Crippen LogP contribution >= 0.6 is 11.6 Å². The number of benzene rings is 2. The molecule has 0 aliphatic heterocycles. The molecule has 0 spiro atoms. The molecule has 2 aromatic rings. The number of carbonyl (C=O) groups excluding carboxylic acids is 1. The van der Waals surface area contributed by atoms with Gasteiger partial charge < -0.3 is 10.1 Å². The summed E-state index contributed by atoms with van der Waals surface area (Å²) in [7, 11) is 0. The number of rotatable bonds is 6. The normalized spacial score (nSPS) is 13.2. The maximum Gasteiger partial charge on any atom is 0.260 e. The lowest BCUT2D eigenvalue weighted by Gasteiger charge is -2.18. The molecule has 0 bridgehead atoms. The van der Waals surface area contributed by atoms with Gasteiger partial charge >= 0.3 is 0 Å². The number of aryl methyl sites for hydroxylation is 1. The second kappa shape index (κ2) is 8.02. The van der Waals surface area contributed by atoms with Gasteiger partial charge in [-0.25, -0.2) is 0 Å². The van der Waals surface area contributed by atoms with Gasteiger partial charge in [0, 0.05) is 11.6 Å². The van der Waals surface area contributed by atoms with E-state index >= 15 is 0 Å². The van der Waals surface area contributed by atoms with Crippen molar-refractivity contribution in [3.63, 3.8) is 0 Å². The van der Waals surface area contributed by atoms with E-state index in [4.69, 9.17) is 16.3 Å². The maximum absolute atomic E-state index is 12.2. The van der Waals surface area contributed by atoms with Crippen LogP contribution in [0.4, 0.5) is 0 Å². The molecule has 2 atom stereocenters. The van der Waals surface area contributed by atoms with Crippen LogP contribution in [0.3, 0.4) is 0 Å². The summed E-state index contributed by atoms with van der Waals surface area (Å²) in [5, 5.41) is 3.60. The Morgan fingerprint density at radius 2 is 1.87 bits per heavy atom. The van der Waals surface area contributed by atoms with E-state index in [0.29, 0.717) is 17.3 Å². The first-order valence-corrected chi connectivity index (χ1v) is 8.10. The summed E-state index contributed by atoms with van der Waals surface area (Å²) < 4.78 is 5.73. The summed E-state index contributed by atoms with van der Waals surface area (Å²) in [6.07, 6.45) is -0.558. The molecular formula is C19H22ClNO2. The fourth-order valence-corrected chi connectivity index (χ4v) is 2.51. The highest BCUT2D eigenvalue weighted by Crippen LogP contribution is 2.23. The lowest BCUT2D eigenvalue weighted by molar-refractivity contribution is -0.127. The molecule has 1 N–H and O–H groups in total. The molecule has 122 valence electrons. The fourth-order valence-electron chi connectivity index (χ4n) is 2.29. The molecule has 0 radical (unpaired) electrons. The van der Waals surface area contributed by atoms with Gasteiger partial charge in [-0.2, -0.15) is 0 Å². The molecule has 2 rings (SSSR count). The highest BCUT2D eigenvalue weighted by Gasteiger charge is 2.16. The van der Waals surface area contributed by atoms with Crippen molar-refractivity contribution < 1.29 is 9.53 Å². The molecule has 1 amide bonds. The lowest BCUT2D eigenvalue weighted by Crippen LogP contribution is -2.38. The monoisotopic (exact) mass is 331 g/mol. The van der Waals surface area contributed by atoms with Crippen molar-refractivity contribution in [2.45, 2.75) is 32.8 Å². The van der Waals surface area contributed by atoms with E-state index in [0.717, 1.165) is 5.56 Å². The highest BCUT2D eigenvalue weighted by atomic mass is 35.5. The van der Waals surface area contributed by atoms with Crippen molar-refractivity contribution in [3.8, 4) is 5.75 Å². The largest absolute Gasteiger partial charge is 0.481 e. The Balaban J connectivity index is 1.87. The summed E-state index contributed by atoms with van der Waals surface area (Å²) in [6.45, 7) is 6.32. The van der Waals surface area contributed by atoms with E-state index in [1.54, 1.807) is 19.1 Å². The van der Waals surface area contributed by atoms with Gasteiger partial charge in [-0.3, -0.25) is 4.79 Å². The third-order valence-corrected chi connectivity index (χ3v) is 4.00. The van der Waals surface area contributed by atoms with Crippen LogP contribution in [-0.4, -0.2) is 18.6 Å². The number of carbonyl (C=O) groups is 1. The first-order valence-electron chi connectivity index (χ1n) is 7.73. The van der Waals surface area contributed by atoms with Gasteiger partial charge in [0.15, 0.2) is 6.10 Å². The van der Waals surface area contributed by atoms with Crippen LogP contribution in [0.5, 0.6) is 5.75 Å². The number of ether oxygens (including phenoxy) is 1. The van der Waals surface area contributed by atoms with Gasteiger partial charge in [0.1, 0.15) is 5.75 Å². The van der Waals surface area contributed by atoms with Gasteiger partial charge in [-0.05, 0) is 49.1 Å². The summed E-state index contributed by atoms with van der Waals surface area (Å²) in [5.74, 6) is 0.805. The summed E-state index contributed by atoms with van der Waals surface area (Å²) >= 11 is 5.92. The van der Waals surface area contributed by atoms with Crippen molar-refractivity contribution >= 4 is 17.5 Å². The van der Waals surface area contributed by atoms with Gasteiger partial charge in [0.25, 0.3) is 5.91 Å². The molecule has 3 nitrogen and oxygen atoms in total. The Labute approximate surface area is 142 Å². The van der Waals surface area contributed by atoms with Crippen molar-refractivity contribution in [1.82, 2.24) is 5.32 Å². The summed E-state index contributed by atoms with van der Waals surface area (Å²) in [4.78, 5) is 12.2. The minimum Gasteiger partial charge on any atom is -0.481 e. The molecule has 2 aromatic carbocycles. The topological polar surface area (TPSA) is 38.3 Å². The predicted molar refractivity (Wildman–Crippen MR) is 94.1 cm³/mol. The smallest absolute Gasteiger partial charge is 0.260 e. The molecule has 0 heterocycles. The average molecular weight is 332 g/mol. The average Bonchev–Trinajstić information content (AvgIpc) is 2.55. The molecule has 23 heavy (non-hydrogen) atoms. The summed E-state index contributed by atoms with van der Waals surface area (Å²) in [6, 6.07) is 15.5. The van der Waals surface area contributed by atoms with E-state index in [2.05, 4.69) is 24.4 Å². The van der Waals surface area contributed by atoms with E-state index in [1.165, 1.54) is 5.56 Å². The van der Waals surface area contributed by atoms with Gasteiger partial charge in [0.05, 0.1) is 0 Å². The quantitative estimate of drug-likeness (QED) is 0.855. The second-order valence-corrected chi connectivity index (χ2v) is 6.16. The SMILES string of the molecule is Cc1cc(Cl)ccc1OC(C)C(=O)NCC(C)c1ccccc1. The Morgan fingerprint density at radius 1 is 1.17 bits per heavy atom. The first kappa shape index (κ1) is 17.4. The number of hydrogen-bond donors (Lipinski definition) is 1. The molecule has 2 unspecified atom stereocenters. The molecule has 4 heteroatoms. The molecule has 0 aliphatic rings. The zero-order chi connectivity index (χ0) is 16.8. The van der Waals surface area contributed by atoms with Crippen molar-refractivity contribution in [2.24, 2.45) is 0 Å². The number of nitrogens with one attached hydrogen (secondary N) is 1. The molecule has 0 aromatic heterocycles. The van der Waals surface area contributed by atoms with E-state index < -0.39 is 6.10 Å². The van der Waals surface area contributed by atoms with E-state index in [-0.39, 0.29) is 11.8 Å². The van der Waals surface area contributed by atoms with Crippen LogP contribution in [0.1, 0.15) is 30.9 Å². The minimum atomic E-state index is -0.558. The molecule has 0 aliphatic carbocycles. The third-order valence-electron chi connectivity index (χ3n) is 3.76. The van der Waals surface area contributed by atoms with Crippen LogP contribution in [0.25, 0.3) is 0 Å². The first-order chi connectivity index (χ1) is 11.0. The maximum atomic E-state index is 12.2. The van der Waals surface area contributed by atoms with E-state index in [1.807, 2.05) is 31.2 Å². The summed E-state index contributed by atoms with van der Waals surface area (Å²) in [5.41, 5.74) is 2.12. The Hall–Kier alpha value is -2.00. The number of amides is 1. The van der Waals surface area contributed by atoms with Gasteiger partial charge in [0.2, 0.25) is 0 Å². The van der Waals surface area contributed by atoms with Crippen LogP contribution in [0.15, 0.2) is 48.5 Å². The van der Waals surface area contributed by atoms with Crippen LogP contribution < -0.4 is 10.1 Å². The Kier molecular flexibility index (Phi) is 6.05. The van der Waals surface area contributed by atoms with Gasteiger partial charge in [-0.1, -0.05) is 48.9 Å². The molecule has 0 saturated heterocycles. The van der Waals surface area contributed by atoms with Crippen LogP contribution in [-0.2, 0) is 4.79 Å². The lowest BCUT2D eigenvalue weighted by atomic mass is 10.0. The zero-order valence-electron chi connectivity index (χ0n) is 13.7. The minimum absolute atomic E-state index is 0.123. The fraction of sp³-hybridized carbons (Fsp3) is 0.316. The Bertz CT molecular complexity index is 658. The second-order valence-electron chi connectivity index (χ2n) is 5.73. The molecule has 0 saturated carbocycles. The highest BCUT2D eigenvalue weighted by molar-refractivity contribution is 6.30. The molecule has 0 fully saturated rings. The predicted octanol–water partition coefficient (Wildman–Crippen LogP) is 4.34. The third kappa shape index (κ3) is 5.00. The van der Waals surface area contributed by atoms with Crippen LogP contribution in [0, 0.1) is 6.92 Å². The van der Waals surface area contributed by atoms with E-state index in [9.17, 15) is 4.79 Å². The number of halogens is 1. The Morgan fingerprint density at radius 3 is 2.52 bits per heavy atom. The van der Waals surface area contributed by atoms with Crippen molar-refractivity contribution in [1.29, 1.82) is 0 Å². The molecular weight excluding hydrogens is 310 g/mol. The number of hydrogen-bond acceptors (Lipinski definition) is 2. The van der Waals surface area contributed by atoms with Crippen molar-refractivity contribution in [3.05, 3.63) is 64.7 Å². The van der Waals surface area contributed by atoms with Crippen LogP contribution in [0.2, 0.25) is 5.02 Å². The standard InChI is InChI=1S/C19H22ClNO2/c1-13-11-17(20)9-10-18(13)23-15(3)19(22)21-12-14(2)16-7-5-4-6-8-16/h4-11,14-15H,12H2,1-3H3,(H,21,22). The van der Waals surface area contributed by atoms with Gasteiger partial charge in [-0.15, -0.1) is 0 Å².